The largest absolute Gasteiger partial charge is 0.497 e. The smallest absolute Gasteiger partial charge is 0.119 e. The first-order valence-electron chi connectivity index (χ1n) is 7.98. The number of fused-ring (bicyclic) bond motifs is 1. The van der Waals surface area contributed by atoms with Crippen molar-refractivity contribution in [1.82, 2.24) is 5.32 Å². The zero-order valence-electron chi connectivity index (χ0n) is 13.2. The van der Waals surface area contributed by atoms with E-state index in [4.69, 9.17) is 4.74 Å². The second kappa shape index (κ2) is 6.07. The van der Waals surface area contributed by atoms with E-state index < -0.39 is 0 Å². The van der Waals surface area contributed by atoms with Gasteiger partial charge >= 0.3 is 0 Å². The SMILES string of the molecule is COc1ccc2cc(C(C)NCC(C)C3CC3)ccc2c1. The fourth-order valence-electron chi connectivity index (χ4n) is 2.95. The van der Waals surface area contributed by atoms with E-state index in [-0.39, 0.29) is 0 Å². The van der Waals surface area contributed by atoms with Gasteiger partial charge in [-0.1, -0.05) is 25.1 Å². The van der Waals surface area contributed by atoms with Crippen LogP contribution in [-0.2, 0) is 0 Å². The number of methoxy groups -OCH3 is 1. The van der Waals surface area contributed by atoms with Gasteiger partial charge in [-0.3, -0.25) is 0 Å². The number of nitrogens with one attached hydrogen (secondary N) is 1. The lowest BCUT2D eigenvalue weighted by atomic mass is 10.0. The maximum absolute atomic E-state index is 5.28. The van der Waals surface area contributed by atoms with Gasteiger partial charge in [-0.05, 0) is 72.7 Å². The summed E-state index contributed by atoms with van der Waals surface area (Å²) in [5, 5.41) is 6.19. The molecule has 0 aliphatic heterocycles. The molecular weight excluding hydrogens is 258 g/mol. The van der Waals surface area contributed by atoms with Gasteiger partial charge in [-0.25, -0.2) is 0 Å². The molecule has 0 saturated heterocycles. The van der Waals surface area contributed by atoms with E-state index in [1.165, 1.54) is 29.2 Å². The van der Waals surface area contributed by atoms with E-state index in [1.807, 2.05) is 6.07 Å². The minimum atomic E-state index is 0.401. The molecule has 0 bridgehead atoms. The Morgan fingerprint density at radius 2 is 1.81 bits per heavy atom. The zero-order chi connectivity index (χ0) is 14.8. The van der Waals surface area contributed by atoms with Crippen LogP contribution in [0.3, 0.4) is 0 Å². The van der Waals surface area contributed by atoms with Crippen LogP contribution in [0.25, 0.3) is 10.8 Å². The Labute approximate surface area is 127 Å². The Kier molecular flexibility index (Phi) is 4.16. The third-order valence-electron chi connectivity index (χ3n) is 4.74. The summed E-state index contributed by atoms with van der Waals surface area (Å²) < 4.78 is 5.28. The Balaban J connectivity index is 1.70. The Morgan fingerprint density at radius 1 is 1.10 bits per heavy atom. The monoisotopic (exact) mass is 283 g/mol. The van der Waals surface area contributed by atoms with Crippen LogP contribution in [0.15, 0.2) is 36.4 Å². The van der Waals surface area contributed by atoms with Crippen molar-refractivity contribution in [3.8, 4) is 5.75 Å². The van der Waals surface area contributed by atoms with Crippen molar-refractivity contribution >= 4 is 10.8 Å². The summed E-state index contributed by atoms with van der Waals surface area (Å²) in [6.07, 6.45) is 2.85. The van der Waals surface area contributed by atoms with Crippen LogP contribution in [-0.4, -0.2) is 13.7 Å². The number of benzene rings is 2. The van der Waals surface area contributed by atoms with E-state index in [9.17, 15) is 0 Å². The van der Waals surface area contributed by atoms with E-state index in [2.05, 4.69) is 49.5 Å². The van der Waals surface area contributed by atoms with Crippen molar-refractivity contribution in [3.63, 3.8) is 0 Å². The minimum absolute atomic E-state index is 0.401. The Hall–Kier alpha value is -1.54. The molecule has 0 heterocycles. The molecule has 1 aliphatic rings. The molecule has 1 fully saturated rings. The molecule has 21 heavy (non-hydrogen) atoms. The first-order valence-corrected chi connectivity index (χ1v) is 7.98. The van der Waals surface area contributed by atoms with Crippen molar-refractivity contribution in [1.29, 1.82) is 0 Å². The molecule has 2 unspecified atom stereocenters. The lowest BCUT2D eigenvalue weighted by Crippen LogP contribution is -2.25. The second-order valence-corrected chi connectivity index (χ2v) is 6.42. The average molecular weight is 283 g/mol. The van der Waals surface area contributed by atoms with Crippen LogP contribution >= 0.6 is 0 Å². The van der Waals surface area contributed by atoms with Gasteiger partial charge in [-0.2, -0.15) is 0 Å². The van der Waals surface area contributed by atoms with Crippen molar-refractivity contribution < 1.29 is 4.74 Å². The molecule has 0 aromatic heterocycles. The molecule has 2 nitrogen and oxygen atoms in total. The Morgan fingerprint density at radius 3 is 2.52 bits per heavy atom. The highest BCUT2D eigenvalue weighted by molar-refractivity contribution is 5.84. The van der Waals surface area contributed by atoms with Crippen LogP contribution in [0.1, 0.15) is 38.3 Å². The molecule has 1 aliphatic carbocycles. The molecule has 112 valence electrons. The number of ether oxygens (including phenoxy) is 1. The topological polar surface area (TPSA) is 21.3 Å². The maximum Gasteiger partial charge on any atom is 0.119 e. The van der Waals surface area contributed by atoms with Crippen molar-refractivity contribution in [2.75, 3.05) is 13.7 Å². The first kappa shape index (κ1) is 14.4. The predicted octanol–water partition coefficient (Wildman–Crippen LogP) is 4.55. The molecule has 2 aromatic rings. The van der Waals surface area contributed by atoms with E-state index in [0.29, 0.717) is 6.04 Å². The molecule has 1 saturated carbocycles. The molecule has 2 atom stereocenters. The number of hydrogen-bond donors (Lipinski definition) is 1. The summed E-state index contributed by atoms with van der Waals surface area (Å²) in [7, 11) is 1.71. The molecule has 3 rings (SSSR count). The van der Waals surface area contributed by atoms with Crippen LogP contribution < -0.4 is 10.1 Å². The number of hydrogen-bond acceptors (Lipinski definition) is 2. The lowest BCUT2D eigenvalue weighted by molar-refractivity contribution is 0.415. The van der Waals surface area contributed by atoms with Gasteiger partial charge in [0.2, 0.25) is 0 Å². The highest BCUT2D eigenvalue weighted by atomic mass is 16.5. The van der Waals surface area contributed by atoms with Gasteiger partial charge in [0, 0.05) is 6.04 Å². The summed E-state index contributed by atoms with van der Waals surface area (Å²) in [6.45, 7) is 5.74. The molecule has 0 amide bonds. The third-order valence-corrected chi connectivity index (χ3v) is 4.74. The molecular formula is C19H25NO. The molecule has 1 N–H and O–H groups in total. The molecule has 0 radical (unpaired) electrons. The van der Waals surface area contributed by atoms with E-state index in [0.717, 1.165) is 24.1 Å². The fraction of sp³-hybridized carbons (Fsp3) is 0.474. The Bertz CT molecular complexity index is 618. The van der Waals surface area contributed by atoms with Crippen molar-refractivity contribution in [2.45, 2.75) is 32.7 Å². The van der Waals surface area contributed by atoms with Gasteiger partial charge in [-0.15, -0.1) is 0 Å². The van der Waals surface area contributed by atoms with Crippen molar-refractivity contribution in [3.05, 3.63) is 42.0 Å². The van der Waals surface area contributed by atoms with Crippen LogP contribution in [0.2, 0.25) is 0 Å². The van der Waals surface area contributed by atoms with Crippen LogP contribution in [0.5, 0.6) is 5.75 Å². The minimum Gasteiger partial charge on any atom is -0.497 e. The van der Waals surface area contributed by atoms with Gasteiger partial charge < -0.3 is 10.1 Å². The summed E-state index contributed by atoms with van der Waals surface area (Å²) in [6, 6.07) is 13.4. The number of rotatable bonds is 6. The zero-order valence-corrected chi connectivity index (χ0v) is 13.2. The van der Waals surface area contributed by atoms with Crippen LogP contribution in [0, 0.1) is 11.8 Å². The predicted molar refractivity (Wildman–Crippen MR) is 88.8 cm³/mol. The van der Waals surface area contributed by atoms with Crippen molar-refractivity contribution in [2.24, 2.45) is 11.8 Å². The summed E-state index contributed by atoms with van der Waals surface area (Å²) in [4.78, 5) is 0. The summed E-state index contributed by atoms with van der Waals surface area (Å²) in [5.41, 5.74) is 1.36. The third kappa shape index (κ3) is 3.38. The summed E-state index contributed by atoms with van der Waals surface area (Å²) >= 11 is 0. The van der Waals surface area contributed by atoms with E-state index in [1.54, 1.807) is 7.11 Å². The highest BCUT2D eigenvalue weighted by Gasteiger charge is 2.27. The second-order valence-electron chi connectivity index (χ2n) is 6.42. The van der Waals surface area contributed by atoms with Gasteiger partial charge in [0.15, 0.2) is 0 Å². The first-order chi connectivity index (χ1) is 10.2. The molecule has 0 spiro atoms. The quantitative estimate of drug-likeness (QED) is 0.840. The molecule has 2 heteroatoms. The normalized spacial score (nSPS) is 17.7. The average Bonchev–Trinajstić information content (AvgIpc) is 3.36. The van der Waals surface area contributed by atoms with Gasteiger partial charge in [0.25, 0.3) is 0 Å². The van der Waals surface area contributed by atoms with Gasteiger partial charge in [0.1, 0.15) is 5.75 Å². The summed E-state index contributed by atoms with van der Waals surface area (Å²) in [5.74, 6) is 2.69. The van der Waals surface area contributed by atoms with Gasteiger partial charge in [0.05, 0.1) is 7.11 Å². The van der Waals surface area contributed by atoms with Crippen LogP contribution in [0.4, 0.5) is 0 Å². The maximum atomic E-state index is 5.28. The highest BCUT2D eigenvalue weighted by Crippen LogP contribution is 2.36. The van der Waals surface area contributed by atoms with E-state index >= 15 is 0 Å². The lowest BCUT2D eigenvalue weighted by Gasteiger charge is -2.18. The molecule has 2 aromatic carbocycles. The standard InChI is InChI=1S/C19H25NO/c1-13(15-4-5-15)12-20-14(2)16-6-7-18-11-19(21-3)9-8-17(18)10-16/h6-11,13-15,20H,4-5,12H2,1-3H3. The fourth-order valence-corrected chi connectivity index (χ4v) is 2.95.